The van der Waals surface area contributed by atoms with Crippen molar-refractivity contribution in [3.8, 4) is 5.19 Å². The summed E-state index contributed by atoms with van der Waals surface area (Å²) in [5, 5.41) is 0.954. The Morgan fingerprint density at radius 1 is 1.56 bits per heavy atom. The van der Waals surface area contributed by atoms with Gasteiger partial charge in [-0.05, 0) is 6.42 Å². The van der Waals surface area contributed by atoms with Gasteiger partial charge in [0.2, 0.25) is 5.16 Å². The molecule has 1 fully saturated rings. The Morgan fingerprint density at radius 2 is 2.33 bits per heavy atom. The summed E-state index contributed by atoms with van der Waals surface area (Å²) < 4.78 is 14.6. The first-order chi connectivity index (χ1) is 8.79. The van der Waals surface area contributed by atoms with E-state index in [1.165, 1.54) is 11.5 Å². The fourth-order valence-corrected chi connectivity index (χ4v) is 2.75. The first-order valence-electron chi connectivity index (χ1n) is 5.80. The van der Waals surface area contributed by atoms with E-state index in [-0.39, 0.29) is 5.24 Å². The quantitative estimate of drug-likeness (QED) is 0.788. The van der Waals surface area contributed by atoms with Gasteiger partial charge in [-0.2, -0.15) is 9.36 Å². The second-order valence-electron chi connectivity index (χ2n) is 3.66. The van der Waals surface area contributed by atoms with E-state index < -0.39 is 0 Å². The molecule has 1 aromatic rings. The van der Waals surface area contributed by atoms with Crippen molar-refractivity contribution < 1.29 is 14.3 Å². The number of nitrogens with zero attached hydrogens (tertiary/aromatic N) is 3. The molecule has 0 aromatic carbocycles. The molecule has 1 amide bonds. The monoisotopic (exact) mass is 289 g/mol. The predicted octanol–water partition coefficient (Wildman–Crippen LogP) is 1.87. The van der Waals surface area contributed by atoms with Crippen LogP contribution in [0, 0.1) is 0 Å². The summed E-state index contributed by atoms with van der Waals surface area (Å²) in [7, 11) is 0. The molecule has 6 nitrogen and oxygen atoms in total. The first-order valence-corrected chi connectivity index (χ1v) is 7.39. The molecule has 1 aliphatic heterocycles. The van der Waals surface area contributed by atoms with Crippen LogP contribution in [-0.2, 0) is 4.74 Å². The maximum Gasteiger partial charge on any atom is 0.293 e. The lowest BCUT2D eigenvalue weighted by Gasteiger charge is -2.25. The first kappa shape index (κ1) is 13.6. The average molecular weight is 289 g/mol. The van der Waals surface area contributed by atoms with Crippen molar-refractivity contribution in [2.75, 3.05) is 32.9 Å². The van der Waals surface area contributed by atoms with E-state index in [9.17, 15) is 4.79 Å². The fourth-order valence-electron chi connectivity index (χ4n) is 1.38. The van der Waals surface area contributed by atoms with Crippen LogP contribution in [0.25, 0.3) is 0 Å². The number of carbonyl (C=O) groups excluding carboxylic acids is 1. The Labute approximate surface area is 114 Å². The molecule has 0 unspecified atom stereocenters. The number of carbonyl (C=O) groups is 1. The van der Waals surface area contributed by atoms with Crippen LogP contribution in [0.4, 0.5) is 4.79 Å². The minimum absolute atomic E-state index is 0.0295. The van der Waals surface area contributed by atoms with Gasteiger partial charge < -0.3 is 14.4 Å². The Bertz CT molecular complexity index is 393. The lowest BCUT2D eigenvalue weighted by molar-refractivity contribution is 0.0593. The number of morpholine rings is 1. The highest BCUT2D eigenvalue weighted by Gasteiger charge is 2.20. The molecule has 0 spiro atoms. The molecular formula is C10H15N3O3S2. The van der Waals surface area contributed by atoms with E-state index in [1.54, 1.807) is 4.90 Å². The van der Waals surface area contributed by atoms with E-state index >= 15 is 0 Å². The standard InChI is InChI=1S/C10H15N3O3S2/c1-2-5-16-9-11-8(12-18-9)17-10(14)13-3-6-15-7-4-13/h2-7H2,1H3. The molecule has 0 bridgehead atoms. The Morgan fingerprint density at radius 3 is 3.06 bits per heavy atom. The largest absolute Gasteiger partial charge is 0.469 e. The van der Waals surface area contributed by atoms with E-state index in [4.69, 9.17) is 9.47 Å². The number of thioether (sulfide) groups is 1. The highest BCUT2D eigenvalue weighted by atomic mass is 32.2. The molecule has 0 radical (unpaired) electrons. The number of hydrogen-bond donors (Lipinski definition) is 0. The summed E-state index contributed by atoms with van der Waals surface area (Å²) in [6, 6.07) is 0. The minimum atomic E-state index is -0.0295. The van der Waals surface area contributed by atoms with Gasteiger partial charge in [-0.3, -0.25) is 4.79 Å². The SMILES string of the molecule is CCCOc1nc(SC(=O)N2CCOCC2)ns1. The van der Waals surface area contributed by atoms with Gasteiger partial charge in [0.1, 0.15) is 0 Å². The van der Waals surface area contributed by atoms with Crippen molar-refractivity contribution in [3.63, 3.8) is 0 Å². The summed E-state index contributed by atoms with van der Waals surface area (Å²) in [5.41, 5.74) is 0. The van der Waals surface area contributed by atoms with Crippen LogP contribution in [-0.4, -0.2) is 52.4 Å². The second-order valence-corrected chi connectivity index (χ2v) is 5.29. The third-order valence-corrected chi connectivity index (χ3v) is 3.81. The number of rotatable bonds is 4. The van der Waals surface area contributed by atoms with Crippen LogP contribution >= 0.6 is 23.3 Å². The third kappa shape index (κ3) is 3.82. The lowest BCUT2D eigenvalue weighted by atomic mass is 10.5. The molecular weight excluding hydrogens is 274 g/mol. The summed E-state index contributed by atoms with van der Waals surface area (Å²) in [6.45, 7) is 5.11. The molecule has 1 aliphatic rings. The zero-order valence-electron chi connectivity index (χ0n) is 10.1. The molecule has 2 rings (SSSR count). The van der Waals surface area contributed by atoms with Crippen molar-refractivity contribution in [2.24, 2.45) is 0 Å². The number of hydrogen-bond acceptors (Lipinski definition) is 7. The van der Waals surface area contributed by atoms with Gasteiger partial charge in [-0.1, -0.05) is 6.92 Å². The molecule has 0 saturated carbocycles. The van der Waals surface area contributed by atoms with Gasteiger partial charge in [0.25, 0.3) is 10.4 Å². The summed E-state index contributed by atoms with van der Waals surface area (Å²) in [6.07, 6.45) is 0.925. The van der Waals surface area contributed by atoms with Gasteiger partial charge in [-0.25, -0.2) is 0 Å². The Kier molecular flexibility index (Phi) is 5.21. The van der Waals surface area contributed by atoms with Crippen LogP contribution in [0.1, 0.15) is 13.3 Å². The van der Waals surface area contributed by atoms with Crippen molar-refractivity contribution >= 4 is 28.5 Å². The van der Waals surface area contributed by atoms with Crippen LogP contribution in [0.15, 0.2) is 5.16 Å². The van der Waals surface area contributed by atoms with Gasteiger partial charge in [0, 0.05) is 36.4 Å². The number of amides is 1. The van der Waals surface area contributed by atoms with Crippen molar-refractivity contribution in [3.05, 3.63) is 0 Å². The third-order valence-electron chi connectivity index (χ3n) is 2.27. The number of aromatic nitrogens is 2. The minimum Gasteiger partial charge on any atom is -0.469 e. The molecule has 1 saturated heterocycles. The summed E-state index contributed by atoms with van der Waals surface area (Å²) >= 11 is 2.22. The number of ether oxygens (including phenoxy) is 2. The van der Waals surface area contributed by atoms with Crippen LogP contribution in [0.3, 0.4) is 0 Å². The lowest BCUT2D eigenvalue weighted by Crippen LogP contribution is -2.38. The summed E-state index contributed by atoms with van der Waals surface area (Å²) in [5.74, 6) is 0. The molecule has 1 aromatic heterocycles. The van der Waals surface area contributed by atoms with Gasteiger partial charge in [0.15, 0.2) is 0 Å². The topological polar surface area (TPSA) is 64.5 Å². The van der Waals surface area contributed by atoms with Crippen LogP contribution in [0.5, 0.6) is 5.19 Å². The molecule has 8 heteroatoms. The Balaban J connectivity index is 1.84. The molecule has 100 valence electrons. The molecule has 0 N–H and O–H groups in total. The molecule has 18 heavy (non-hydrogen) atoms. The molecule has 0 atom stereocenters. The van der Waals surface area contributed by atoms with E-state index in [1.807, 2.05) is 6.92 Å². The molecule has 2 heterocycles. The average Bonchev–Trinajstić information content (AvgIpc) is 2.85. The van der Waals surface area contributed by atoms with Gasteiger partial charge in [0.05, 0.1) is 19.8 Å². The van der Waals surface area contributed by atoms with Crippen molar-refractivity contribution in [2.45, 2.75) is 18.5 Å². The normalized spacial score (nSPS) is 15.7. The Hall–Kier alpha value is -0.860. The maximum atomic E-state index is 11.9. The second kappa shape index (κ2) is 6.91. The molecule has 0 aliphatic carbocycles. The fraction of sp³-hybridized carbons (Fsp3) is 0.700. The van der Waals surface area contributed by atoms with Crippen LogP contribution in [0.2, 0.25) is 0 Å². The zero-order valence-corrected chi connectivity index (χ0v) is 11.8. The maximum absolute atomic E-state index is 11.9. The van der Waals surface area contributed by atoms with Crippen molar-refractivity contribution in [1.29, 1.82) is 0 Å². The van der Waals surface area contributed by atoms with Crippen molar-refractivity contribution in [1.82, 2.24) is 14.3 Å². The van der Waals surface area contributed by atoms with E-state index in [2.05, 4.69) is 9.36 Å². The highest BCUT2D eigenvalue weighted by molar-refractivity contribution is 8.13. The van der Waals surface area contributed by atoms with Crippen LogP contribution < -0.4 is 4.74 Å². The predicted molar refractivity (Wildman–Crippen MR) is 69.3 cm³/mol. The van der Waals surface area contributed by atoms with E-state index in [0.717, 1.165) is 18.2 Å². The smallest absolute Gasteiger partial charge is 0.293 e. The van der Waals surface area contributed by atoms with E-state index in [0.29, 0.717) is 43.3 Å². The summed E-state index contributed by atoms with van der Waals surface area (Å²) in [4.78, 5) is 17.8. The highest BCUT2D eigenvalue weighted by Crippen LogP contribution is 2.24. The van der Waals surface area contributed by atoms with Gasteiger partial charge in [-0.15, -0.1) is 0 Å². The van der Waals surface area contributed by atoms with Gasteiger partial charge >= 0.3 is 0 Å². The zero-order chi connectivity index (χ0) is 12.8.